The lowest BCUT2D eigenvalue weighted by molar-refractivity contribution is 0.102. The summed E-state index contributed by atoms with van der Waals surface area (Å²) in [5.74, 6) is -0.251. The Labute approximate surface area is 157 Å². The fourth-order valence-corrected chi connectivity index (χ4v) is 2.92. The van der Waals surface area contributed by atoms with Gasteiger partial charge in [0, 0.05) is 23.0 Å². The number of nitrogens with one attached hydrogen (secondary N) is 1. The van der Waals surface area contributed by atoms with E-state index in [9.17, 15) is 9.59 Å². The predicted molar refractivity (Wildman–Crippen MR) is 105 cm³/mol. The van der Waals surface area contributed by atoms with Gasteiger partial charge in [-0.25, -0.2) is 0 Å². The molecule has 0 saturated heterocycles. The van der Waals surface area contributed by atoms with Crippen molar-refractivity contribution in [1.29, 1.82) is 0 Å². The van der Waals surface area contributed by atoms with E-state index >= 15 is 0 Å². The number of hydrogen-bond acceptors (Lipinski definition) is 2. The molecule has 5 heteroatoms. The van der Waals surface area contributed by atoms with Crippen LogP contribution in [0.2, 0.25) is 5.02 Å². The summed E-state index contributed by atoms with van der Waals surface area (Å²) in [5, 5.41) is 3.52. The molecule has 0 saturated carbocycles. The van der Waals surface area contributed by atoms with Crippen LogP contribution in [-0.2, 0) is 6.54 Å². The molecule has 0 aliphatic heterocycles. The summed E-state index contributed by atoms with van der Waals surface area (Å²) >= 11 is 6.00. The molecule has 1 N–H and O–H groups in total. The number of amides is 1. The molecule has 0 spiro atoms. The molecule has 0 unspecified atom stereocenters. The molecule has 4 nitrogen and oxygen atoms in total. The highest BCUT2D eigenvalue weighted by Crippen LogP contribution is 2.19. The van der Waals surface area contributed by atoms with Gasteiger partial charge in [-0.05, 0) is 54.8 Å². The number of anilines is 1. The quantitative estimate of drug-likeness (QED) is 0.743. The van der Waals surface area contributed by atoms with Crippen molar-refractivity contribution in [3.8, 4) is 0 Å². The maximum atomic E-state index is 12.6. The third-order valence-corrected chi connectivity index (χ3v) is 4.58. The van der Waals surface area contributed by atoms with E-state index < -0.39 is 0 Å². The summed E-state index contributed by atoms with van der Waals surface area (Å²) in [4.78, 5) is 24.7. The van der Waals surface area contributed by atoms with Crippen molar-refractivity contribution in [1.82, 2.24) is 4.57 Å². The number of carbonyl (C=O) groups is 1. The molecule has 1 heterocycles. The van der Waals surface area contributed by atoms with Crippen molar-refractivity contribution >= 4 is 23.2 Å². The van der Waals surface area contributed by atoms with Crippen LogP contribution in [0.3, 0.4) is 0 Å². The second-order valence-corrected chi connectivity index (χ2v) is 6.65. The van der Waals surface area contributed by atoms with Crippen molar-refractivity contribution in [3.63, 3.8) is 0 Å². The Morgan fingerprint density at radius 3 is 2.62 bits per heavy atom. The second kappa shape index (κ2) is 7.58. The topological polar surface area (TPSA) is 51.1 Å². The van der Waals surface area contributed by atoms with E-state index in [1.165, 1.54) is 16.7 Å². The standard InChI is InChI=1S/C21H19ClN2O2/c1-14-5-3-8-19(15(14)2)23-21(26)17-9-10-20(25)24(13-17)12-16-6-4-7-18(22)11-16/h3-11,13H,12H2,1-2H3,(H,23,26). The zero-order chi connectivity index (χ0) is 18.7. The maximum Gasteiger partial charge on any atom is 0.257 e. The number of aromatic nitrogens is 1. The number of halogens is 1. The van der Waals surface area contributed by atoms with Gasteiger partial charge in [0.15, 0.2) is 0 Å². The average molecular weight is 367 g/mol. The van der Waals surface area contributed by atoms with Gasteiger partial charge in [-0.3, -0.25) is 9.59 Å². The van der Waals surface area contributed by atoms with Crippen molar-refractivity contribution in [2.75, 3.05) is 5.32 Å². The zero-order valence-corrected chi connectivity index (χ0v) is 15.4. The summed E-state index contributed by atoms with van der Waals surface area (Å²) in [5.41, 5.74) is 4.04. The molecule has 132 valence electrons. The largest absolute Gasteiger partial charge is 0.322 e. The minimum atomic E-state index is -0.251. The summed E-state index contributed by atoms with van der Waals surface area (Å²) in [6.07, 6.45) is 1.57. The number of benzene rings is 2. The highest BCUT2D eigenvalue weighted by Gasteiger charge is 2.10. The molecule has 0 aliphatic rings. The second-order valence-electron chi connectivity index (χ2n) is 6.22. The van der Waals surface area contributed by atoms with Gasteiger partial charge < -0.3 is 9.88 Å². The molecule has 3 rings (SSSR count). The fraction of sp³-hybridized carbons (Fsp3) is 0.143. The van der Waals surface area contributed by atoms with E-state index in [1.807, 2.05) is 44.2 Å². The number of aryl methyl sites for hydroxylation is 1. The number of nitrogens with zero attached hydrogens (tertiary/aromatic N) is 1. The SMILES string of the molecule is Cc1cccc(NC(=O)c2ccc(=O)n(Cc3cccc(Cl)c3)c2)c1C. The van der Waals surface area contributed by atoms with Gasteiger partial charge in [0.05, 0.1) is 12.1 Å². The maximum absolute atomic E-state index is 12.6. The first kappa shape index (κ1) is 18.0. The summed E-state index contributed by atoms with van der Waals surface area (Å²) in [7, 11) is 0. The molecular formula is C21H19ClN2O2. The predicted octanol–water partition coefficient (Wildman–Crippen LogP) is 4.42. The Morgan fingerprint density at radius 1 is 1.08 bits per heavy atom. The van der Waals surface area contributed by atoms with Crippen LogP contribution in [0.4, 0.5) is 5.69 Å². The van der Waals surface area contributed by atoms with E-state index in [0.29, 0.717) is 17.1 Å². The minimum Gasteiger partial charge on any atom is -0.322 e. The van der Waals surface area contributed by atoms with Crippen molar-refractivity contribution in [2.45, 2.75) is 20.4 Å². The van der Waals surface area contributed by atoms with Crippen LogP contribution in [-0.4, -0.2) is 10.5 Å². The lowest BCUT2D eigenvalue weighted by Crippen LogP contribution is -2.22. The van der Waals surface area contributed by atoms with Crippen molar-refractivity contribution in [2.24, 2.45) is 0 Å². The third-order valence-electron chi connectivity index (χ3n) is 4.34. The first-order valence-corrected chi connectivity index (χ1v) is 8.64. The van der Waals surface area contributed by atoms with E-state index in [-0.39, 0.29) is 11.5 Å². The molecule has 3 aromatic rings. The molecular weight excluding hydrogens is 348 g/mol. The van der Waals surface area contributed by atoms with Crippen LogP contribution in [0.5, 0.6) is 0 Å². The normalized spacial score (nSPS) is 10.6. The van der Waals surface area contributed by atoms with Crippen molar-refractivity contribution in [3.05, 3.63) is 98.4 Å². The molecule has 0 aliphatic carbocycles. The Kier molecular flexibility index (Phi) is 5.24. The highest BCUT2D eigenvalue weighted by molar-refractivity contribution is 6.30. The Bertz CT molecular complexity index is 1020. The number of carbonyl (C=O) groups excluding carboxylic acids is 1. The van der Waals surface area contributed by atoms with Crippen LogP contribution < -0.4 is 10.9 Å². The van der Waals surface area contributed by atoms with Gasteiger partial charge in [0.25, 0.3) is 11.5 Å². The molecule has 0 atom stereocenters. The highest BCUT2D eigenvalue weighted by atomic mass is 35.5. The Balaban J connectivity index is 1.85. The summed E-state index contributed by atoms with van der Waals surface area (Å²) in [6, 6.07) is 16.0. The molecule has 0 fully saturated rings. The first-order chi connectivity index (χ1) is 12.4. The van der Waals surface area contributed by atoms with Gasteiger partial charge in [0.2, 0.25) is 0 Å². The van der Waals surface area contributed by atoms with Gasteiger partial charge in [0.1, 0.15) is 0 Å². The smallest absolute Gasteiger partial charge is 0.257 e. The Hall–Kier alpha value is -2.85. The molecule has 2 aromatic carbocycles. The third kappa shape index (κ3) is 4.03. The van der Waals surface area contributed by atoms with Crippen LogP contribution in [0.1, 0.15) is 27.0 Å². The van der Waals surface area contributed by atoms with E-state index in [2.05, 4.69) is 5.32 Å². The summed E-state index contributed by atoms with van der Waals surface area (Å²) < 4.78 is 1.50. The molecule has 1 aromatic heterocycles. The van der Waals surface area contributed by atoms with E-state index in [4.69, 9.17) is 11.6 Å². The number of pyridine rings is 1. The average Bonchev–Trinajstić information content (AvgIpc) is 2.61. The molecule has 0 radical (unpaired) electrons. The van der Waals surface area contributed by atoms with Gasteiger partial charge in [-0.2, -0.15) is 0 Å². The molecule has 26 heavy (non-hydrogen) atoms. The Morgan fingerprint density at radius 2 is 1.85 bits per heavy atom. The van der Waals surface area contributed by atoms with Crippen molar-refractivity contribution < 1.29 is 4.79 Å². The fourth-order valence-electron chi connectivity index (χ4n) is 2.70. The van der Waals surface area contributed by atoms with E-state index in [0.717, 1.165) is 22.4 Å². The lowest BCUT2D eigenvalue weighted by Gasteiger charge is -2.12. The van der Waals surface area contributed by atoms with Gasteiger partial charge >= 0.3 is 0 Å². The monoisotopic (exact) mass is 366 g/mol. The van der Waals surface area contributed by atoms with Crippen LogP contribution >= 0.6 is 11.6 Å². The number of hydrogen-bond donors (Lipinski definition) is 1. The van der Waals surface area contributed by atoms with E-state index in [1.54, 1.807) is 18.3 Å². The van der Waals surface area contributed by atoms with Gasteiger partial charge in [-0.15, -0.1) is 0 Å². The minimum absolute atomic E-state index is 0.173. The van der Waals surface area contributed by atoms with Crippen LogP contribution in [0, 0.1) is 13.8 Å². The summed E-state index contributed by atoms with van der Waals surface area (Å²) in [6.45, 7) is 4.31. The van der Waals surface area contributed by atoms with Crippen LogP contribution in [0.15, 0.2) is 65.6 Å². The zero-order valence-electron chi connectivity index (χ0n) is 14.6. The van der Waals surface area contributed by atoms with Gasteiger partial charge in [-0.1, -0.05) is 35.9 Å². The number of rotatable bonds is 4. The molecule has 1 amide bonds. The molecule has 0 bridgehead atoms. The lowest BCUT2D eigenvalue weighted by atomic mass is 10.1. The first-order valence-electron chi connectivity index (χ1n) is 8.26. The van der Waals surface area contributed by atoms with Crippen LogP contribution in [0.25, 0.3) is 0 Å².